The van der Waals surface area contributed by atoms with E-state index in [-0.39, 0.29) is 11.4 Å². The van der Waals surface area contributed by atoms with Crippen LogP contribution in [0.4, 0.5) is 14.9 Å². The normalized spacial score (nSPS) is 14.9. The highest BCUT2D eigenvalue weighted by Crippen LogP contribution is 2.22. The van der Waals surface area contributed by atoms with Crippen molar-refractivity contribution in [3.8, 4) is 0 Å². The summed E-state index contributed by atoms with van der Waals surface area (Å²) in [6, 6.07) is 11.8. The molecule has 0 aromatic heterocycles. The van der Waals surface area contributed by atoms with Crippen molar-refractivity contribution in [3.63, 3.8) is 0 Å². The molecule has 1 heterocycles. The summed E-state index contributed by atoms with van der Waals surface area (Å²) in [4.78, 5) is 26.3. The number of urea groups is 1. The molecule has 0 radical (unpaired) electrons. The Kier molecular flexibility index (Phi) is 6.71. The van der Waals surface area contributed by atoms with Crippen LogP contribution in [0.15, 0.2) is 48.5 Å². The van der Waals surface area contributed by atoms with Gasteiger partial charge >= 0.3 is 6.03 Å². The number of nitrogens with zero attached hydrogens (tertiary/aromatic N) is 1. The van der Waals surface area contributed by atoms with E-state index in [0.29, 0.717) is 24.7 Å². The van der Waals surface area contributed by atoms with Crippen LogP contribution in [0.2, 0.25) is 0 Å². The lowest BCUT2D eigenvalue weighted by Crippen LogP contribution is -2.46. The summed E-state index contributed by atoms with van der Waals surface area (Å²) >= 11 is 0. The van der Waals surface area contributed by atoms with E-state index in [1.54, 1.807) is 17.0 Å². The molecular weight excluding hydrogens is 409 g/mol. The van der Waals surface area contributed by atoms with Crippen LogP contribution in [-0.4, -0.2) is 44.6 Å². The number of rotatable bonds is 5. The molecule has 0 unspecified atom stereocenters. The first-order valence-electron chi connectivity index (χ1n) is 9.62. The minimum absolute atomic E-state index is 0.254. The van der Waals surface area contributed by atoms with Crippen LogP contribution in [0.3, 0.4) is 0 Å². The second-order valence-corrected chi connectivity index (χ2v) is 9.22. The Morgan fingerprint density at radius 1 is 1.03 bits per heavy atom. The number of amides is 3. The van der Waals surface area contributed by atoms with Crippen LogP contribution in [-0.2, 0) is 16.4 Å². The molecule has 3 amide bonds. The van der Waals surface area contributed by atoms with Crippen molar-refractivity contribution in [2.24, 2.45) is 5.92 Å². The number of sulfonamides is 1. The lowest BCUT2D eigenvalue weighted by molar-refractivity contribution is 0.0945. The van der Waals surface area contributed by atoms with Gasteiger partial charge in [-0.15, -0.1) is 0 Å². The van der Waals surface area contributed by atoms with Gasteiger partial charge in [0.05, 0.1) is 6.26 Å². The molecule has 0 atom stereocenters. The highest BCUT2D eigenvalue weighted by atomic mass is 32.2. The van der Waals surface area contributed by atoms with Gasteiger partial charge in [0, 0.05) is 24.3 Å². The van der Waals surface area contributed by atoms with Gasteiger partial charge in [0.2, 0.25) is 10.0 Å². The zero-order valence-electron chi connectivity index (χ0n) is 16.6. The minimum atomic E-state index is -3.40. The van der Waals surface area contributed by atoms with E-state index in [0.717, 1.165) is 31.1 Å². The largest absolute Gasteiger partial charge is 0.324 e. The Bertz CT molecular complexity index is 1000. The van der Waals surface area contributed by atoms with Crippen molar-refractivity contribution in [1.82, 2.24) is 10.2 Å². The van der Waals surface area contributed by atoms with Gasteiger partial charge in [0.1, 0.15) is 5.82 Å². The van der Waals surface area contributed by atoms with Crippen molar-refractivity contribution < 1.29 is 22.4 Å². The smallest absolute Gasteiger partial charge is 0.324 e. The van der Waals surface area contributed by atoms with Crippen LogP contribution in [0.1, 0.15) is 28.8 Å². The van der Waals surface area contributed by atoms with E-state index in [2.05, 4.69) is 10.0 Å². The number of anilines is 1. The fourth-order valence-corrected chi connectivity index (χ4v) is 4.01. The van der Waals surface area contributed by atoms with E-state index in [1.807, 2.05) is 0 Å². The molecule has 0 saturated carbocycles. The Balaban J connectivity index is 1.48. The Morgan fingerprint density at radius 3 is 2.20 bits per heavy atom. The summed E-state index contributed by atoms with van der Waals surface area (Å²) in [5, 5.41) is 2.37. The van der Waals surface area contributed by atoms with Crippen LogP contribution < -0.4 is 10.0 Å². The standard InChI is InChI=1S/C21H24FN3O4S/c1-30(28,29)24-19-8-4-17(5-9-19)20(26)23-21(27)25-12-10-16(11-13-25)14-15-2-6-18(22)7-3-15/h2-9,16,24H,10-14H2,1H3,(H,23,26,27). The first-order chi connectivity index (χ1) is 14.2. The van der Waals surface area contributed by atoms with E-state index in [9.17, 15) is 22.4 Å². The van der Waals surface area contributed by atoms with Crippen molar-refractivity contribution in [2.75, 3.05) is 24.1 Å². The monoisotopic (exact) mass is 433 g/mol. The van der Waals surface area contributed by atoms with Crippen LogP contribution >= 0.6 is 0 Å². The fourth-order valence-electron chi connectivity index (χ4n) is 3.45. The summed E-state index contributed by atoms with van der Waals surface area (Å²) in [5.41, 5.74) is 1.67. The third kappa shape index (κ3) is 6.28. The van der Waals surface area contributed by atoms with Gasteiger partial charge in [-0.2, -0.15) is 0 Å². The number of piperidine rings is 1. The molecule has 7 nitrogen and oxygen atoms in total. The molecule has 1 aliphatic rings. The average Bonchev–Trinajstić information content (AvgIpc) is 2.69. The molecule has 2 aromatic rings. The molecule has 160 valence electrons. The van der Waals surface area contributed by atoms with Gasteiger partial charge in [0.15, 0.2) is 0 Å². The molecule has 1 saturated heterocycles. The lowest BCUT2D eigenvalue weighted by Gasteiger charge is -2.31. The van der Waals surface area contributed by atoms with Gasteiger partial charge in [-0.1, -0.05) is 12.1 Å². The number of carbonyl (C=O) groups excluding carboxylic acids is 2. The molecule has 0 aliphatic carbocycles. The number of imide groups is 1. The topological polar surface area (TPSA) is 95.6 Å². The first-order valence-corrected chi connectivity index (χ1v) is 11.5. The summed E-state index contributed by atoms with van der Waals surface area (Å²) in [7, 11) is -3.40. The zero-order chi connectivity index (χ0) is 21.7. The quantitative estimate of drug-likeness (QED) is 0.758. The summed E-state index contributed by atoms with van der Waals surface area (Å²) in [6.45, 7) is 1.09. The highest BCUT2D eigenvalue weighted by molar-refractivity contribution is 7.92. The Morgan fingerprint density at radius 2 is 1.63 bits per heavy atom. The molecule has 1 aliphatic heterocycles. The second-order valence-electron chi connectivity index (χ2n) is 7.47. The van der Waals surface area contributed by atoms with E-state index < -0.39 is 22.0 Å². The van der Waals surface area contributed by atoms with Crippen molar-refractivity contribution in [2.45, 2.75) is 19.3 Å². The van der Waals surface area contributed by atoms with Crippen molar-refractivity contribution in [1.29, 1.82) is 0 Å². The Labute approximate surface area is 175 Å². The molecule has 30 heavy (non-hydrogen) atoms. The number of nitrogens with one attached hydrogen (secondary N) is 2. The molecule has 2 aromatic carbocycles. The molecule has 9 heteroatoms. The molecule has 2 N–H and O–H groups in total. The van der Waals surface area contributed by atoms with Crippen LogP contribution in [0, 0.1) is 11.7 Å². The number of likely N-dealkylation sites (tertiary alicyclic amines) is 1. The third-order valence-corrected chi connectivity index (χ3v) is 5.62. The summed E-state index contributed by atoms with van der Waals surface area (Å²) in [5.74, 6) is -0.388. The van der Waals surface area contributed by atoms with E-state index in [4.69, 9.17) is 0 Å². The van der Waals surface area contributed by atoms with Crippen molar-refractivity contribution >= 4 is 27.6 Å². The highest BCUT2D eigenvalue weighted by Gasteiger charge is 2.24. The molecule has 3 rings (SSSR count). The maximum Gasteiger partial charge on any atom is 0.324 e. The maximum absolute atomic E-state index is 13.0. The summed E-state index contributed by atoms with van der Waals surface area (Å²) in [6.07, 6.45) is 3.49. The number of halogens is 1. The van der Waals surface area contributed by atoms with Crippen LogP contribution in [0.25, 0.3) is 0 Å². The predicted octanol–water partition coefficient (Wildman–Crippen LogP) is 3.00. The van der Waals surface area contributed by atoms with Gasteiger partial charge < -0.3 is 4.90 Å². The van der Waals surface area contributed by atoms with E-state index in [1.165, 1.54) is 36.4 Å². The van der Waals surface area contributed by atoms with Crippen molar-refractivity contribution in [3.05, 3.63) is 65.5 Å². The van der Waals surface area contributed by atoms with Crippen LogP contribution in [0.5, 0.6) is 0 Å². The minimum Gasteiger partial charge on any atom is -0.324 e. The van der Waals surface area contributed by atoms with E-state index >= 15 is 0 Å². The average molecular weight is 434 g/mol. The van der Waals surface area contributed by atoms with Gasteiger partial charge in [-0.05, 0) is 67.1 Å². The predicted molar refractivity (Wildman–Crippen MR) is 112 cm³/mol. The second kappa shape index (κ2) is 9.25. The number of carbonyl (C=O) groups is 2. The zero-order valence-corrected chi connectivity index (χ0v) is 17.4. The maximum atomic E-state index is 13.0. The molecular formula is C21H24FN3O4S. The lowest BCUT2D eigenvalue weighted by atomic mass is 9.90. The number of benzene rings is 2. The molecule has 1 fully saturated rings. The summed E-state index contributed by atoms with van der Waals surface area (Å²) < 4.78 is 37.8. The first kappa shape index (κ1) is 21.8. The Hall–Kier alpha value is -2.94. The third-order valence-electron chi connectivity index (χ3n) is 5.01. The molecule has 0 spiro atoms. The molecule has 0 bridgehead atoms. The SMILES string of the molecule is CS(=O)(=O)Nc1ccc(C(=O)NC(=O)N2CCC(Cc3ccc(F)cc3)CC2)cc1. The van der Waals surface area contributed by atoms with Gasteiger partial charge in [-0.25, -0.2) is 17.6 Å². The van der Waals surface area contributed by atoms with Gasteiger partial charge in [0.25, 0.3) is 5.91 Å². The fraction of sp³-hybridized carbons (Fsp3) is 0.333. The van der Waals surface area contributed by atoms with Gasteiger partial charge in [-0.3, -0.25) is 14.8 Å². The number of hydrogen-bond donors (Lipinski definition) is 2. The number of hydrogen-bond acceptors (Lipinski definition) is 4.